The molecular formula is C20H20FN3O4S2. The van der Waals surface area contributed by atoms with Gasteiger partial charge in [0.05, 0.1) is 4.90 Å². The number of thioether (sulfide) groups is 1. The van der Waals surface area contributed by atoms with Crippen molar-refractivity contribution >= 4 is 44.5 Å². The molecule has 0 saturated carbocycles. The van der Waals surface area contributed by atoms with E-state index in [9.17, 15) is 22.4 Å². The van der Waals surface area contributed by atoms with Gasteiger partial charge in [0.1, 0.15) is 11.1 Å². The highest BCUT2D eigenvalue weighted by atomic mass is 32.2. The molecule has 3 rings (SSSR count). The number of rotatable bonds is 6. The van der Waals surface area contributed by atoms with Crippen LogP contribution in [0.15, 0.2) is 57.8 Å². The number of hydrogen-bond donors (Lipinski definition) is 1. The standard InChI is InChI=1S/C20H20FN3O4S2/c1-3-24-19(26)17(12-18(25)22-16-7-5-4-6-13(16)2)29-20(24)23-30(27,28)15-10-8-14(21)9-11-15/h4-11,17H,3,12H2,1-2H3,(H,22,25)/t17-/m0/s1. The fourth-order valence-corrected chi connectivity index (χ4v) is 5.26. The minimum Gasteiger partial charge on any atom is -0.326 e. The van der Waals surface area contributed by atoms with Crippen molar-refractivity contribution in [2.75, 3.05) is 11.9 Å². The average Bonchev–Trinajstić information content (AvgIpc) is 2.97. The van der Waals surface area contributed by atoms with Gasteiger partial charge in [0.25, 0.3) is 10.0 Å². The Balaban J connectivity index is 1.77. The summed E-state index contributed by atoms with van der Waals surface area (Å²) in [7, 11) is -4.13. The number of para-hydroxylation sites is 1. The molecule has 0 bridgehead atoms. The predicted molar refractivity (Wildman–Crippen MR) is 114 cm³/mol. The Bertz CT molecular complexity index is 1100. The van der Waals surface area contributed by atoms with Crippen molar-refractivity contribution in [3.8, 4) is 0 Å². The molecule has 0 aromatic heterocycles. The molecule has 7 nitrogen and oxygen atoms in total. The van der Waals surface area contributed by atoms with Crippen LogP contribution in [0.25, 0.3) is 0 Å². The normalized spacial score (nSPS) is 18.1. The third-order valence-electron chi connectivity index (χ3n) is 4.44. The highest BCUT2D eigenvalue weighted by Gasteiger charge is 2.39. The Morgan fingerprint density at radius 2 is 1.87 bits per heavy atom. The molecule has 0 aliphatic carbocycles. The van der Waals surface area contributed by atoms with Crippen LogP contribution in [-0.2, 0) is 19.6 Å². The summed E-state index contributed by atoms with van der Waals surface area (Å²) in [5, 5.41) is 1.99. The molecule has 2 amide bonds. The number of sulfonamides is 1. The molecule has 2 aromatic rings. The summed E-state index contributed by atoms with van der Waals surface area (Å²) in [4.78, 5) is 26.1. The van der Waals surface area contributed by atoms with Crippen LogP contribution in [0.2, 0.25) is 0 Å². The van der Waals surface area contributed by atoms with Gasteiger partial charge in [0, 0.05) is 18.7 Å². The summed E-state index contributed by atoms with van der Waals surface area (Å²) in [6, 6.07) is 11.5. The number of hydrogen-bond acceptors (Lipinski definition) is 5. The lowest BCUT2D eigenvalue weighted by Crippen LogP contribution is -2.33. The molecule has 1 saturated heterocycles. The van der Waals surface area contributed by atoms with Crippen molar-refractivity contribution in [2.45, 2.75) is 30.4 Å². The van der Waals surface area contributed by atoms with E-state index in [4.69, 9.17) is 0 Å². The number of carbonyl (C=O) groups excluding carboxylic acids is 2. The van der Waals surface area contributed by atoms with Crippen LogP contribution in [0.5, 0.6) is 0 Å². The Morgan fingerprint density at radius 3 is 2.50 bits per heavy atom. The number of benzene rings is 2. The third kappa shape index (κ3) is 4.88. The number of nitrogens with one attached hydrogen (secondary N) is 1. The van der Waals surface area contributed by atoms with Gasteiger partial charge in [-0.1, -0.05) is 30.0 Å². The maximum Gasteiger partial charge on any atom is 0.284 e. The molecule has 1 atom stereocenters. The lowest BCUT2D eigenvalue weighted by Gasteiger charge is -2.13. The lowest BCUT2D eigenvalue weighted by molar-refractivity contribution is -0.128. The zero-order valence-corrected chi connectivity index (χ0v) is 18.0. The zero-order chi connectivity index (χ0) is 21.9. The van der Waals surface area contributed by atoms with Gasteiger partial charge in [-0.05, 0) is 49.7 Å². The van der Waals surface area contributed by atoms with E-state index in [-0.39, 0.29) is 34.8 Å². The molecule has 30 heavy (non-hydrogen) atoms. The minimum absolute atomic E-state index is 0.000478. The van der Waals surface area contributed by atoms with E-state index in [1.165, 1.54) is 4.90 Å². The van der Waals surface area contributed by atoms with Crippen LogP contribution in [0, 0.1) is 12.7 Å². The number of halogens is 1. The average molecular weight is 450 g/mol. The number of anilines is 1. The zero-order valence-electron chi connectivity index (χ0n) is 16.3. The monoisotopic (exact) mass is 449 g/mol. The van der Waals surface area contributed by atoms with Gasteiger partial charge in [-0.2, -0.15) is 8.42 Å². The van der Waals surface area contributed by atoms with E-state index in [2.05, 4.69) is 9.71 Å². The van der Waals surface area contributed by atoms with Gasteiger partial charge in [0.15, 0.2) is 5.17 Å². The maximum atomic E-state index is 13.1. The Kier molecular flexibility index (Phi) is 6.57. The second kappa shape index (κ2) is 8.97. The second-order valence-corrected chi connectivity index (χ2v) is 9.33. The molecule has 2 aromatic carbocycles. The first kappa shape index (κ1) is 22.0. The van der Waals surface area contributed by atoms with Crippen LogP contribution in [0.3, 0.4) is 0 Å². The molecule has 1 fully saturated rings. The summed E-state index contributed by atoms with van der Waals surface area (Å²) in [5.74, 6) is -1.30. The van der Waals surface area contributed by atoms with E-state index in [0.717, 1.165) is 41.6 Å². The summed E-state index contributed by atoms with van der Waals surface area (Å²) in [6.07, 6.45) is -0.121. The van der Waals surface area contributed by atoms with Gasteiger partial charge in [-0.15, -0.1) is 4.40 Å². The molecule has 1 aliphatic heterocycles. The third-order valence-corrected chi connectivity index (χ3v) is 7.01. The first-order chi connectivity index (χ1) is 14.2. The fraction of sp³-hybridized carbons (Fsp3) is 0.250. The molecule has 10 heteroatoms. The van der Waals surface area contributed by atoms with Gasteiger partial charge < -0.3 is 5.32 Å². The van der Waals surface area contributed by atoms with Gasteiger partial charge in [-0.3, -0.25) is 14.5 Å². The van der Waals surface area contributed by atoms with Crippen LogP contribution >= 0.6 is 11.8 Å². The topological polar surface area (TPSA) is 95.9 Å². The van der Waals surface area contributed by atoms with Crippen molar-refractivity contribution < 1.29 is 22.4 Å². The van der Waals surface area contributed by atoms with Crippen molar-refractivity contribution in [1.29, 1.82) is 0 Å². The molecule has 1 aliphatic rings. The first-order valence-electron chi connectivity index (χ1n) is 9.15. The Hall–Kier alpha value is -2.72. The highest BCUT2D eigenvalue weighted by molar-refractivity contribution is 8.16. The first-order valence-corrected chi connectivity index (χ1v) is 11.5. The van der Waals surface area contributed by atoms with E-state index in [0.29, 0.717) is 5.69 Å². The van der Waals surface area contributed by atoms with Crippen molar-refractivity contribution in [1.82, 2.24) is 4.90 Å². The van der Waals surface area contributed by atoms with E-state index in [1.54, 1.807) is 19.1 Å². The largest absolute Gasteiger partial charge is 0.326 e. The van der Waals surface area contributed by atoms with Crippen LogP contribution < -0.4 is 5.32 Å². The lowest BCUT2D eigenvalue weighted by atomic mass is 10.2. The van der Waals surface area contributed by atoms with Crippen LogP contribution in [-0.4, -0.2) is 42.1 Å². The molecule has 1 N–H and O–H groups in total. The van der Waals surface area contributed by atoms with Crippen molar-refractivity contribution in [3.05, 3.63) is 59.9 Å². The molecule has 1 heterocycles. The summed E-state index contributed by atoms with van der Waals surface area (Å²) >= 11 is 0.932. The van der Waals surface area contributed by atoms with E-state index < -0.39 is 21.1 Å². The second-order valence-electron chi connectivity index (χ2n) is 6.56. The molecular weight excluding hydrogens is 429 g/mol. The molecule has 158 valence electrons. The Labute approximate surface area is 178 Å². The fourth-order valence-electron chi connectivity index (χ4n) is 2.85. The van der Waals surface area contributed by atoms with Crippen LogP contribution in [0.1, 0.15) is 18.9 Å². The molecule has 0 spiro atoms. The molecule has 0 unspecified atom stereocenters. The smallest absolute Gasteiger partial charge is 0.284 e. The van der Waals surface area contributed by atoms with Crippen LogP contribution in [0.4, 0.5) is 10.1 Å². The number of carbonyl (C=O) groups is 2. The SMILES string of the molecule is CCN1C(=O)[C@H](CC(=O)Nc2ccccc2C)SC1=NS(=O)(=O)c1ccc(F)cc1. The highest BCUT2D eigenvalue weighted by Crippen LogP contribution is 2.31. The number of amidine groups is 1. The number of aryl methyl sites for hydroxylation is 1. The summed E-state index contributed by atoms with van der Waals surface area (Å²) in [6.45, 7) is 3.75. The molecule has 0 radical (unpaired) electrons. The summed E-state index contributed by atoms with van der Waals surface area (Å²) < 4.78 is 41.9. The summed E-state index contributed by atoms with van der Waals surface area (Å²) in [5.41, 5.74) is 1.54. The number of nitrogens with zero attached hydrogens (tertiary/aromatic N) is 2. The minimum atomic E-state index is -4.13. The predicted octanol–water partition coefficient (Wildman–Crippen LogP) is 3.17. The Morgan fingerprint density at radius 1 is 1.20 bits per heavy atom. The quantitative estimate of drug-likeness (QED) is 0.731. The number of amides is 2. The maximum absolute atomic E-state index is 13.1. The van der Waals surface area contributed by atoms with E-state index in [1.807, 2.05) is 19.1 Å². The van der Waals surface area contributed by atoms with Gasteiger partial charge >= 0.3 is 0 Å². The van der Waals surface area contributed by atoms with Gasteiger partial charge in [-0.25, -0.2) is 4.39 Å². The van der Waals surface area contributed by atoms with E-state index >= 15 is 0 Å². The van der Waals surface area contributed by atoms with Crippen molar-refractivity contribution in [3.63, 3.8) is 0 Å². The van der Waals surface area contributed by atoms with Gasteiger partial charge in [0.2, 0.25) is 11.8 Å². The van der Waals surface area contributed by atoms with Crippen molar-refractivity contribution in [2.24, 2.45) is 4.40 Å².